The van der Waals surface area contributed by atoms with Crippen molar-refractivity contribution in [3.05, 3.63) is 93.2 Å². The van der Waals surface area contributed by atoms with E-state index in [1.807, 2.05) is 31.2 Å². The molecular formula is C19H14N2O4. The number of aliphatic imine (C=N–C) groups is 1. The fraction of sp³-hybridized carbons (Fsp3) is 0.0526. The van der Waals surface area contributed by atoms with Crippen molar-refractivity contribution in [1.29, 1.82) is 0 Å². The maximum absolute atomic E-state index is 11.9. The Morgan fingerprint density at radius 1 is 1.16 bits per heavy atom. The number of non-ortho nitro benzene ring substituents is 1. The van der Waals surface area contributed by atoms with Gasteiger partial charge in [-0.1, -0.05) is 42.0 Å². The van der Waals surface area contributed by atoms with Crippen LogP contribution in [0.1, 0.15) is 16.7 Å². The van der Waals surface area contributed by atoms with Crippen LogP contribution < -0.4 is 0 Å². The Morgan fingerprint density at radius 3 is 2.64 bits per heavy atom. The minimum absolute atomic E-state index is 0.00903. The van der Waals surface area contributed by atoms with Gasteiger partial charge in [-0.05, 0) is 30.7 Å². The summed E-state index contributed by atoms with van der Waals surface area (Å²) >= 11 is 0. The Hall–Kier alpha value is -3.54. The van der Waals surface area contributed by atoms with Gasteiger partial charge >= 0.3 is 5.97 Å². The highest BCUT2D eigenvalue weighted by molar-refractivity contribution is 6.11. The molecule has 3 rings (SSSR count). The first-order valence-electron chi connectivity index (χ1n) is 7.54. The smallest absolute Gasteiger partial charge is 0.363 e. The highest BCUT2D eigenvalue weighted by Gasteiger charge is 2.23. The molecule has 0 radical (unpaired) electrons. The van der Waals surface area contributed by atoms with Crippen LogP contribution in [-0.4, -0.2) is 16.8 Å². The number of allylic oxidation sites excluding steroid dienone is 2. The number of carbonyl (C=O) groups excluding carboxylic acids is 1. The van der Waals surface area contributed by atoms with Crippen LogP contribution in [0.15, 0.2) is 71.4 Å². The van der Waals surface area contributed by atoms with Crippen LogP contribution in [-0.2, 0) is 9.53 Å². The van der Waals surface area contributed by atoms with Crippen molar-refractivity contribution in [2.45, 2.75) is 6.92 Å². The summed E-state index contributed by atoms with van der Waals surface area (Å²) in [4.78, 5) is 26.4. The zero-order valence-electron chi connectivity index (χ0n) is 13.4. The van der Waals surface area contributed by atoms with Crippen molar-refractivity contribution in [2.75, 3.05) is 0 Å². The molecule has 0 aliphatic carbocycles. The molecule has 1 aliphatic heterocycles. The Balaban J connectivity index is 1.79. The van der Waals surface area contributed by atoms with Gasteiger partial charge in [0.05, 0.1) is 4.92 Å². The van der Waals surface area contributed by atoms with E-state index in [4.69, 9.17) is 4.74 Å². The lowest BCUT2D eigenvalue weighted by Gasteiger charge is -1.99. The van der Waals surface area contributed by atoms with E-state index in [0.717, 1.165) is 11.1 Å². The molecule has 0 fully saturated rings. The molecule has 0 aromatic heterocycles. The number of nitro benzene ring substituents is 1. The van der Waals surface area contributed by atoms with E-state index >= 15 is 0 Å². The third kappa shape index (κ3) is 3.87. The van der Waals surface area contributed by atoms with Crippen LogP contribution in [0.4, 0.5) is 5.69 Å². The number of hydrogen-bond acceptors (Lipinski definition) is 5. The minimum atomic E-state index is -0.528. The van der Waals surface area contributed by atoms with Crippen LogP contribution >= 0.6 is 0 Å². The fourth-order valence-electron chi connectivity index (χ4n) is 2.24. The summed E-state index contributed by atoms with van der Waals surface area (Å²) in [6.07, 6.45) is 4.78. The number of nitrogens with zero attached hydrogens (tertiary/aromatic N) is 2. The number of benzene rings is 2. The number of cyclic esters (lactones) is 1. The van der Waals surface area contributed by atoms with Gasteiger partial charge in [-0.15, -0.1) is 0 Å². The minimum Gasteiger partial charge on any atom is -0.402 e. The number of nitro groups is 1. The summed E-state index contributed by atoms with van der Waals surface area (Å²) in [6, 6.07) is 13.7. The van der Waals surface area contributed by atoms with Gasteiger partial charge in [0, 0.05) is 17.7 Å². The van der Waals surface area contributed by atoms with Gasteiger partial charge in [-0.2, -0.15) is 0 Å². The predicted molar refractivity (Wildman–Crippen MR) is 94.0 cm³/mol. The number of hydrogen-bond donors (Lipinski definition) is 0. The molecular weight excluding hydrogens is 320 g/mol. The lowest BCUT2D eigenvalue weighted by atomic mass is 10.1. The molecule has 0 spiro atoms. The van der Waals surface area contributed by atoms with Gasteiger partial charge in [0.15, 0.2) is 5.70 Å². The van der Waals surface area contributed by atoms with E-state index in [2.05, 4.69) is 4.99 Å². The molecule has 1 aliphatic rings. The topological polar surface area (TPSA) is 81.8 Å². The molecule has 0 amide bonds. The summed E-state index contributed by atoms with van der Waals surface area (Å²) in [5, 5.41) is 10.8. The molecule has 1 heterocycles. The Labute approximate surface area is 143 Å². The van der Waals surface area contributed by atoms with Gasteiger partial charge < -0.3 is 4.74 Å². The summed E-state index contributed by atoms with van der Waals surface area (Å²) in [7, 11) is 0. The van der Waals surface area contributed by atoms with Crippen LogP contribution in [0.25, 0.3) is 6.08 Å². The maximum atomic E-state index is 11.9. The van der Waals surface area contributed by atoms with Crippen LogP contribution in [0.3, 0.4) is 0 Å². The van der Waals surface area contributed by atoms with E-state index in [-0.39, 0.29) is 17.3 Å². The molecule has 0 atom stereocenters. The Kier molecular flexibility index (Phi) is 4.52. The van der Waals surface area contributed by atoms with Crippen molar-refractivity contribution in [1.82, 2.24) is 0 Å². The average molecular weight is 334 g/mol. The van der Waals surface area contributed by atoms with Crippen LogP contribution in [0.2, 0.25) is 0 Å². The average Bonchev–Trinajstić information content (AvgIpc) is 2.97. The van der Waals surface area contributed by atoms with E-state index in [1.165, 1.54) is 18.2 Å². The third-order valence-electron chi connectivity index (χ3n) is 3.54. The molecule has 0 saturated heterocycles. The molecule has 2 aromatic rings. The number of ether oxygens (including phenoxy) is 1. The van der Waals surface area contributed by atoms with Crippen molar-refractivity contribution < 1.29 is 14.5 Å². The van der Waals surface area contributed by atoms with Gasteiger partial charge in [0.25, 0.3) is 5.69 Å². The molecule has 0 unspecified atom stereocenters. The summed E-state index contributed by atoms with van der Waals surface area (Å²) in [6.45, 7) is 1.97. The maximum Gasteiger partial charge on any atom is 0.363 e. The van der Waals surface area contributed by atoms with E-state index in [0.29, 0.717) is 5.56 Å². The molecule has 0 bridgehead atoms. The predicted octanol–water partition coefficient (Wildman–Crippen LogP) is 3.80. The second kappa shape index (κ2) is 6.92. The van der Waals surface area contributed by atoms with E-state index < -0.39 is 10.9 Å². The highest BCUT2D eigenvalue weighted by atomic mass is 16.6. The first-order valence-corrected chi connectivity index (χ1v) is 7.54. The highest BCUT2D eigenvalue weighted by Crippen LogP contribution is 2.18. The van der Waals surface area contributed by atoms with Gasteiger partial charge in [-0.3, -0.25) is 10.1 Å². The summed E-state index contributed by atoms with van der Waals surface area (Å²) < 4.78 is 5.17. The summed E-state index contributed by atoms with van der Waals surface area (Å²) in [5.41, 5.74) is 2.67. The van der Waals surface area contributed by atoms with E-state index in [1.54, 1.807) is 24.3 Å². The van der Waals surface area contributed by atoms with Gasteiger partial charge in [-0.25, -0.2) is 9.79 Å². The number of esters is 1. The molecule has 6 heteroatoms. The lowest BCUT2D eigenvalue weighted by Crippen LogP contribution is -2.05. The van der Waals surface area contributed by atoms with E-state index in [9.17, 15) is 14.9 Å². The molecule has 0 N–H and O–H groups in total. The van der Waals surface area contributed by atoms with Gasteiger partial charge in [0.1, 0.15) is 0 Å². The molecule has 2 aromatic carbocycles. The van der Waals surface area contributed by atoms with Crippen LogP contribution in [0, 0.1) is 17.0 Å². The van der Waals surface area contributed by atoms with Crippen molar-refractivity contribution in [2.24, 2.45) is 4.99 Å². The Morgan fingerprint density at radius 2 is 1.92 bits per heavy atom. The first-order chi connectivity index (χ1) is 12.0. The molecule has 0 saturated carbocycles. The Bertz CT molecular complexity index is 925. The fourth-order valence-corrected chi connectivity index (χ4v) is 2.24. The number of aryl methyl sites for hydroxylation is 1. The number of carbonyl (C=O) groups is 1. The second-order valence-electron chi connectivity index (χ2n) is 5.44. The standard InChI is InChI=1S/C19H14N2O4/c1-13-8-10-15(11-9-13)18-20-17(19(22)25-18)7-3-5-14-4-2-6-16(12-14)21(23)24/h2-12H,1H3/b5-3+,17-7-. The number of rotatable bonds is 4. The van der Waals surface area contributed by atoms with Crippen molar-refractivity contribution in [3.63, 3.8) is 0 Å². The lowest BCUT2D eigenvalue weighted by molar-refractivity contribution is -0.384. The molecule has 124 valence electrons. The summed E-state index contributed by atoms with van der Waals surface area (Å²) in [5.74, 6) is -0.265. The molecule has 25 heavy (non-hydrogen) atoms. The SMILES string of the molecule is Cc1ccc(C2=N/C(=C\C=C\c3cccc([N+](=O)[O-])c3)C(=O)O2)cc1. The second-order valence-corrected chi connectivity index (χ2v) is 5.44. The quantitative estimate of drug-likeness (QED) is 0.368. The first kappa shape index (κ1) is 16.3. The van der Waals surface area contributed by atoms with Crippen molar-refractivity contribution in [3.8, 4) is 0 Å². The third-order valence-corrected chi connectivity index (χ3v) is 3.54. The zero-order valence-corrected chi connectivity index (χ0v) is 13.4. The largest absolute Gasteiger partial charge is 0.402 e. The normalized spacial score (nSPS) is 15.5. The molecule has 6 nitrogen and oxygen atoms in total. The monoisotopic (exact) mass is 334 g/mol. The van der Waals surface area contributed by atoms with Gasteiger partial charge in [0.2, 0.25) is 5.90 Å². The zero-order chi connectivity index (χ0) is 17.8. The van der Waals surface area contributed by atoms with Crippen molar-refractivity contribution >= 4 is 23.6 Å². The van der Waals surface area contributed by atoms with Crippen LogP contribution in [0.5, 0.6) is 0 Å².